The average Bonchev–Trinajstić information content (AvgIpc) is 2.21. The van der Waals surface area contributed by atoms with Gasteiger partial charge in [-0.15, -0.1) is 5.10 Å². The molecule has 0 aliphatic carbocycles. The van der Waals surface area contributed by atoms with Gasteiger partial charge in [0, 0.05) is 6.07 Å². The zero-order valence-corrected chi connectivity index (χ0v) is 7.85. The van der Waals surface area contributed by atoms with E-state index < -0.39 is 7.84 Å². The molecule has 1 aromatic carbocycles. The molecule has 0 radical (unpaired) electrons. The van der Waals surface area contributed by atoms with Crippen LogP contribution < -0.4 is 5.09 Å². The SMILES string of the molecule is c1ccc(N[p+]2cccnn2)cc1. The van der Waals surface area contributed by atoms with Gasteiger partial charge in [-0.1, -0.05) is 18.2 Å². The number of nitrogens with one attached hydrogen (secondary N) is 1. The van der Waals surface area contributed by atoms with Crippen molar-refractivity contribution in [2.45, 2.75) is 0 Å². The normalized spacial score (nSPS) is 10.9. The lowest BCUT2D eigenvalue weighted by Crippen LogP contribution is -1.86. The minimum absolute atomic E-state index is 0.651. The molecule has 0 amide bonds. The summed E-state index contributed by atoms with van der Waals surface area (Å²) in [5.74, 6) is 2.02. The van der Waals surface area contributed by atoms with Crippen molar-refractivity contribution < 1.29 is 0 Å². The number of para-hydroxylation sites is 1. The molecule has 2 rings (SSSR count). The predicted octanol–water partition coefficient (Wildman–Crippen LogP) is 2.62. The van der Waals surface area contributed by atoms with Crippen molar-refractivity contribution in [2.24, 2.45) is 0 Å². The lowest BCUT2D eigenvalue weighted by Gasteiger charge is -1.92. The molecule has 3 nitrogen and oxygen atoms in total. The second-order valence-corrected chi connectivity index (χ2v) is 3.91. The molecule has 0 bridgehead atoms. The predicted molar refractivity (Wildman–Crippen MR) is 54.6 cm³/mol. The summed E-state index contributed by atoms with van der Waals surface area (Å²) < 4.78 is 0. The Balaban J connectivity index is 2.16. The Morgan fingerprint density at radius 1 is 1.08 bits per heavy atom. The van der Waals surface area contributed by atoms with Crippen molar-refractivity contribution in [3.63, 3.8) is 0 Å². The average molecular weight is 190 g/mol. The van der Waals surface area contributed by atoms with E-state index in [9.17, 15) is 0 Å². The molecule has 2 aromatic rings. The molecule has 13 heavy (non-hydrogen) atoms. The quantitative estimate of drug-likeness (QED) is 0.790. The number of anilines is 1. The van der Waals surface area contributed by atoms with Crippen LogP contribution in [0.2, 0.25) is 0 Å². The Labute approximate surface area is 77.6 Å². The molecular formula is C9H9N3P+. The molecule has 64 valence electrons. The van der Waals surface area contributed by atoms with Crippen molar-refractivity contribution in [1.29, 1.82) is 0 Å². The van der Waals surface area contributed by atoms with E-state index in [0.29, 0.717) is 0 Å². The summed E-state index contributed by atoms with van der Waals surface area (Å²) in [6.45, 7) is 0. The molecule has 0 aliphatic rings. The molecule has 1 heterocycles. The molecule has 0 saturated heterocycles. The minimum atomic E-state index is -0.651. The maximum Gasteiger partial charge on any atom is 0.380 e. The number of rotatable bonds is 2. The number of hydrogen-bond acceptors (Lipinski definition) is 3. The van der Waals surface area contributed by atoms with Gasteiger partial charge < -0.3 is 0 Å². The third kappa shape index (κ3) is 2.23. The first-order chi connectivity index (χ1) is 6.45. The van der Waals surface area contributed by atoms with Crippen molar-refractivity contribution in [3.05, 3.63) is 48.4 Å². The number of nitrogens with zero attached hydrogens (tertiary/aromatic N) is 2. The van der Waals surface area contributed by atoms with Crippen LogP contribution in [-0.2, 0) is 0 Å². The van der Waals surface area contributed by atoms with E-state index in [2.05, 4.69) is 15.0 Å². The van der Waals surface area contributed by atoms with E-state index in [1.165, 1.54) is 0 Å². The largest absolute Gasteiger partial charge is 0.380 e. The van der Waals surface area contributed by atoms with Gasteiger partial charge in [0.1, 0.15) is 0 Å². The first-order valence-electron chi connectivity index (χ1n) is 3.97. The maximum atomic E-state index is 4.06. The van der Waals surface area contributed by atoms with Crippen molar-refractivity contribution in [2.75, 3.05) is 5.09 Å². The van der Waals surface area contributed by atoms with E-state index >= 15 is 0 Å². The monoisotopic (exact) mass is 190 g/mol. The summed E-state index contributed by atoms with van der Waals surface area (Å²) in [6.07, 6.45) is 1.69. The van der Waals surface area contributed by atoms with Gasteiger partial charge in [-0.05, 0) is 12.1 Å². The van der Waals surface area contributed by atoms with Gasteiger partial charge in [-0.2, -0.15) is 5.09 Å². The van der Waals surface area contributed by atoms with Crippen LogP contribution in [0, 0.1) is 0 Å². The molecule has 1 aromatic heterocycles. The van der Waals surface area contributed by atoms with Gasteiger partial charge in [-0.3, -0.25) is 0 Å². The highest BCUT2D eigenvalue weighted by molar-refractivity contribution is 7.46. The second kappa shape index (κ2) is 3.97. The van der Waals surface area contributed by atoms with Crippen LogP contribution in [-0.4, -0.2) is 9.96 Å². The lowest BCUT2D eigenvalue weighted by atomic mass is 10.3. The van der Waals surface area contributed by atoms with Gasteiger partial charge in [0.25, 0.3) is 0 Å². The van der Waals surface area contributed by atoms with Crippen molar-refractivity contribution >= 4 is 13.5 Å². The van der Waals surface area contributed by atoms with Crippen LogP contribution >= 0.6 is 7.84 Å². The van der Waals surface area contributed by atoms with Gasteiger partial charge in [-0.25, -0.2) is 0 Å². The van der Waals surface area contributed by atoms with Crippen molar-refractivity contribution in [1.82, 2.24) is 9.96 Å². The Morgan fingerprint density at radius 2 is 1.92 bits per heavy atom. The molecule has 4 heteroatoms. The van der Waals surface area contributed by atoms with Gasteiger partial charge in [0.15, 0.2) is 5.80 Å². The third-order valence-corrected chi connectivity index (χ3v) is 2.78. The Hall–Kier alpha value is -1.47. The highest BCUT2D eigenvalue weighted by Gasteiger charge is 2.05. The molecular weight excluding hydrogens is 181 g/mol. The number of aromatic nitrogens is 2. The molecule has 1 N–H and O–H groups in total. The summed E-state index contributed by atoms with van der Waals surface area (Å²) in [6, 6.07) is 11.9. The third-order valence-electron chi connectivity index (χ3n) is 1.55. The summed E-state index contributed by atoms with van der Waals surface area (Å²) in [4.78, 5) is 4.06. The molecule has 0 saturated carbocycles. The number of benzene rings is 1. The summed E-state index contributed by atoms with van der Waals surface area (Å²) in [7, 11) is -0.651. The molecule has 1 atom stereocenters. The highest BCUT2D eigenvalue weighted by atomic mass is 31.1. The van der Waals surface area contributed by atoms with Crippen LogP contribution in [0.25, 0.3) is 0 Å². The van der Waals surface area contributed by atoms with Gasteiger partial charge in [0.2, 0.25) is 0 Å². The molecule has 0 fully saturated rings. The zero-order chi connectivity index (χ0) is 8.93. The lowest BCUT2D eigenvalue weighted by molar-refractivity contribution is 1.12. The smallest absolute Gasteiger partial charge is 0.189 e. The van der Waals surface area contributed by atoms with Gasteiger partial charge in [0.05, 0.1) is 16.7 Å². The summed E-state index contributed by atoms with van der Waals surface area (Å²) in [5.41, 5.74) is 1.08. The maximum absolute atomic E-state index is 4.06. The fourth-order valence-electron chi connectivity index (χ4n) is 0.978. The minimum Gasteiger partial charge on any atom is -0.189 e. The van der Waals surface area contributed by atoms with Crippen LogP contribution in [0.3, 0.4) is 0 Å². The van der Waals surface area contributed by atoms with E-state index in [4.69, 9.17) is 0 Å². The van der Waals surface area contributed by atoms with E-state index in [1.807, 2.05) is 42.2 Å². The molecule has 0 aliphatic heterocycles. The standard InChI is InChI=1S/C9H9N3P/c1-2-5-9(6-3-1)11-13-8-4-7-10-12-13/h1-8H,(H,11,12)/q+1. The molecule has 0 spiro atoms. The van der Waals surface area contributed by atoms with Crippen LogP contribution in [0.1, 0.15) is 0 Å². The fraction of sp³-hybridized carbons (Fsp3) is 0. The van der Waals surface area contributed by atoms with E-state index in [0.717, 1.165) is 5.69 Å². The van der Waals surface area contributed by atoms with Crippen molar-refractivity contribution in [3.8, 4) is 0 Å². The highest BCUT2D eigenvalue weighted by Crippen LogP contribution is 2.21. The zero-order valence-electron chi connectivity index (χ0n) is 6.96. The molecule has 1 unspecified atom stereocenters. The summed E-state index contributed by atoms with van der Waals surface area (Å²) in [5, 5.41) is 7.11. The number of hydrogen-bond donors (Lipinski definition) is 1. The Kier molecular flexibility index (Phi) is 2.48. The summed E-state index contributed by atoms with van der Waals surface area (Å²) >= 11 is 0. The van der Waals surface area contributed by atoms with E-state index in [1.54, 1.807) is 6.20 Å². The second-order valence-electron chi connectivity index (χ2n) is 2.52. The topological polar surface area (TPSA) is 37.8 Å². The van der Waals surface area contributed by atoms with E-state index in [-0.39, 0.29) is 0 Å². The van der Waals surface area contributed by atoms with Crippen LogP contribution in [0.5, 0.6) is 0 Å². The first-order valence-corrected chi connectivity index (χ1v) is 5.33. The van der Waals surface area contributed by atoms with Crippen LogP contribution in [0.15, 0.2) is 48.4 Å². The Morgan fingerprint density at radius 3 is 2.62 bits per heavy atom. The first kappa shape index (κ1) is 8.14. The fourth-order valence-corrected chi connectivity index (χ4v) is 1.98. The Bertz CT molecular complexity index is 326. The van der Waals surface area contributed by atoms with Crippen LogP contribution in [0.4, 0.5) is 5.69 Å². The van der Waals surface area contributed by atoms with Gasteiger partial charge >= 0.3 is 7.84 Å².